The summed E-state index contributed by atoms with van der Waals surface area (Å²) in [5.41, 5.74) is 0.961. The standard InChI is InChI=1S/C14H20FNO/c1-3-16-10-6-4-5-7-12-8-9-14(17-2)13(15)11-12/h4-5,8-9,11,16H,3,6-7,10H2,1-2H3. The van der Waals surface area contributed by atoms with Crippen molar-refractivity contribution in [1.82, 2.24) is 5.32 Å². The fourth-order valence-corrected chi connectivity index (χ4v) is 1.54. The van der Waals surface area contributed by atoms with Crippen molar-refractivity contribution in [3.8, 4) is 5.75 Å². The van der Waals surface area contributed by atoms with Crippen LogP contribution in [0.4, 0.5) is 4.39 Å². The van der Waals surface area contributed by atoms with Crippen LogP contribution in [0.25, 0.3) is 0 Å². The number of allylic oxidation sites excluding steroid dienone is 1. The average Bonchev–Trinajstić information content (AvgIpc) is 2.34. The Morgan fingerprint density at radius 3 is 2.82 bits per heavy atom. The van der Waals surface area contributed by atoms with Crippen LogP contribution in [0.1, 0.15) is 18.9 Å². The number of rotatable bonds is 7. The zero-order valence-corrected chi connectivity index (χ0v) is 10.5. The summed E-state index contributed by atoms with van der Waals surface area (Å²) in [6.45, 7) is 4.07. The zero-order chi connectivity index (χ0) is 12.5. The zero-order valence-electron chi connectivity index (χ0n) is 10.5. The first-order chi connectivity index (χ1) is 8.27. The molecule has 1 aromatic rings. The molecule has 0 unspecified atom stereocenters. The van der Waals surface area contributed by atoms with Gasteiger partial charge in [0.05, 0.1) is 7.11 Å². The SMILES string of the molecule is CCNCCC=CCc1ccc(OC)c(F)c1. The molecule has 94 valence electrons. The van der Waals surface area contributed by atoms with Crippen LogP contribution in [0, 0.1) is 5.82 Å². The van der Waals surface area contributed by atoms with Crippen LogP contribution in [0.5, 0.6) is 5.75 Å². The molecule has 0 aromatic heterocycles. The Balaban J connectivity index is 2.39. The normalized spacial score (nSPS) is 11.0. The monoisotopic (exact) mass is 237 g/mol. The lowest BCUT2D eigenvalue weighted by molar-refractivity contribution is 0.386. The molecule has 0 spiro atoms. The van der Waals surface area contributed by atoms with Crippen molar-refractivity contribution in [3.63, 3.8) is 0 Å². The Hall–Kier alpha value is -1.35. The Morgan fingerprint density at radius 1 is 1.35 bits per heavy atom. The van der Waals surface area contributed by atoms with Gasteiger partial charge in [0.25, 0.3) is 0 Å². The number of halogens is 1. The average molecular weight is 237 g/mol. The van der Waals surface area contributed by atoms with E-state index in [0.717, 1.165) is 31.5 Å². The Morgan fingerprint density at radius 2 is 2.18 bits per heavy atom. The first-order valence-corrected chi connectivity index (χ1v) is 5.96. The number of benzene rings is 1. The molecule has 0 heterocycles. The van der Waals surface area contributed by atoms with Crippen LogP contribution in [-0.2, 0) is 6.42 Å². The minimum atomic E-state index is -0.300. The Bertz CT molecular complexity index is 363. The predicted octanol–water partition coefficient (Wildman–Crippen LogP) is 2.93. The maximum atomic E-state index is 13.4. The van der Waals surface area contributed by atoms with Gasteiger partial charge in [-0.15, -0.1) is 0 Å². The van der Waals surface area contributed by atoms with E-state index in [1.807, 2.05) is 6.07 Å². The second-order valence-electron chi connectivity index (χ2n) is 3.79. The van der Waals surface area contributed by atoms with Gasteiger partial charge in [-0.3, -0.25) is 0 Å². The van der Waals surface area contributed by atoms with Gasteiger partial charge in [-0.1, -0.05) is 25.1 Å². The molecular weight excluding hydrogens is 217 g/mol. The molecule has 17 heavy (non-hydrogen) atoms. The van der Waals surface area contributed by atoms with Crippen molar-refractivity contribution in [2.75, 3.05) is 20.2 Å². The fraction of sp³-hybridized carbons (Fsp3) is 0.429. The third kappa shape index (κ3) is 5.00. The highest BCUT2D eigenvalue weighted by molar-refractivity contribution is 5.30. The summed E-state index contributed by atoms with van der Waals surface area (Å²) in [5.74, 6) is -0.00377. The number of hydrogen-bond donors (Lipinski definition) is 1. The van der Waals surface area contributed by atoms with E-state index in [1.54, 1.807) is 6.07 Å². The molecule has 0 saturated heterocycles. The highest BCUT2D eigenvalue weighted by atomic mass is 19.1. The Labute approximate surface area is 102 Å². The maximum absolute atomic E-state index is 13.4. The van der Waals surface area contributed by atoms with Crippen molar-refractivity contribution in [2.24, 2.45) is 0 Å². The second kappa shape index (κ2) is 7.85. The smallest absolute Gasteiger partial charge is 0.165 e. The van der Waals surface area contributed by atoms with Crippen LogP contribution in [-0.4, -0.2) is 20.2 Å². The van der Waals surface area contributed by atoms with E-state index in [9.17, 15) is 4.39 Å². The van der Waals surface area contributed by atoms with Gasteiger partial charge in [-0.05, 0) is 43.6 Å². The molecule has 0 aliphatic rings. The summed E-state index contributed by atoms with van der Waals surface area (Å²) < 4.78 is 18.2. The van der Waals surface area contributed by atoms with Crippen LogP contribution in [0.15, 0.2) is 30.4 Å². The molecular formula is C14H20FNO. The van der Waals surface area contributed by atoms with Crippen molar-refractivity contribution in [2.45, 2.75) is 19.8 Å². The molecule has 0 amide bonds. The van der Waals surface area contributed by atoms with E-state index in [-0.39, 0.29) is 5.82 Å². The molecule has 2 nitrogen and oxygen atoms in total. The molecule has 0 aliphatic heterocycles. The predicted molar refractivity (Wildman–Crippen MR) is 69.0 cm³/mol. The minimum Gasteiger partial charge on any atom is -0.494 e. The van der Waals surface area contributed by atoms with Gasteiger partial charge in [0.15, 0.2) is 11.6 Å². The molecule has 0 bridgehead atoms. The number of methoxy groups -OCH3 is 1. The van der Waals surface area contributed by atoms with Gasteiger partial charge in [-0.2, -0.15) is 0 Å². The molecule has 0 saturated carbocycles. The van der Waals surface area contributed by atoms with Crippen molar-refractivity contribution >= 4 is 0 Å². The van der Waals surface area contributed by atoms with Crippen LogP contribution in [0.2, 0.25) is 0 Å². The van der Waals surface area contributed by atoms with Crippen LogP contribution in [0.3, 0.4) is 0 Å². The van der Waals surface area contributed by atoms with E-state index in [0.29, 0.717) is 5.75 Å². The Kier molecular flexibility index (Phi) is 6.33. The topological polar surface area (TPSA) is 21.3 Å². The highest BCUT2D eigenvalue weighted by Gasteiger charge is 2.01. The van der Waals surface area contributed by atoms with Crippen molar-refractivity contribution in [3.05, 3.63) is 41.7 Å². The quantitative estimate of drug-likeness (QED) is 0.581. The van der Waals surface area contributed by atoms with Crippen molar-refractivity contribution in [1.29, 1.82) is 0 Å². The first kappa shape index (κ1) is 13.7. The lowest BCUT2D eigenvalue weighted by atomic mass is 10.1. The molecule has 0 fully saturated rings. The largest absolute Gasteiger partial charge is 0.494 e. The first-order valence-electron chi connectivity index (χ1n) is 5.96. The van der Waals surface area contributed by atoms with Crippen molar-refractivity contribution < 1.29 is 9.13 Å². The number of ether oxygens (including phenoxy) is 1. The van der Waals surface area contributed by atoms with E-state index in [1.165, 1.54) is 13.2 Å². The molecule has 0 aliphatic carbocycles. The van der Waals surface area contributed by atoms with Gasteiger partial charge >= 0.3 is 0 Å². The molecule has 0 radical (unpaired) electrons. The van der Waals surface area contributed by atoms with E-state index in [2.05, 4.69) is 24.4 Å². The van der Waals surface area contributed by atoms with Gasteiger partial charge in [0.2, 0.25) is 0 Å². The second-order valence-corrected chi connectivity index (χ2v) is 3.79. The van der Waals surface area contributed by atoms with Crippen LogP contribution < -0.4 is 10.1 Å². The number of nitrogens with one attached hydrogen (secondary N) is 1. The summed E-state index contributed by atoms with van der Waals surface area (Å²) >= 11 is 0. The van der Waals surface area contributed by atoms with E-state index < -0.39 is 0 Å². The molecule has 3 heteroatoms. The summed E-state index contributed by atoms with van der Waals surface area (Å²) in [7, 11) is 1.47. The summed E-state index contributed by atoms with van der Waals surface area (Å²) in [6.07, 6.45) is 5.95. The third-order valence-corrected chi connectivity index (χ3v) is 2.47. The maximum Gasteiger partial charge on any atom is 0.165 e. The van der Waals surface area contributed by atoms with Gasteiger partial charge < -0.3 is 10.1 Å². The van der Waals surface area contributed by atoms with Crippen LogP contribution >= 0.6 is 0 Å². The van der Waals surface area contributed by atoms with E-state index >= 15 is 0 Å². The highest BCUT2D eigenvalue weighted by Crippen LogP contribution is 2.17. The third-order valence-electron chi connectivity index (χ3n) is 2.47. The lowest BCUT2D eigenvalue weighted by Crippen LogP contribution is -2.12. The van der Waals surface area contributed by atoms with Gasteiger partial charge in [-0.25, -0.2) is 4.39 Å². The molecule has 1 N–H and O–H groups in total. The number of hydrogen-bond acceptors (Lipinski definition) is 2. The fourth-order valence-electron chi connectivity index (χ4n) is 1.54. The summed E-state index contributed by atoms with van der Waals surface area (Å²) in [6, 6.07) is 5.07. The van der Waals surface area contributed by atoms with Gasteiger partial charge in [0.1, 0.15) is 0 Å². The lowest BCUT2D eigenvalue weighted by Gasteiger charge is -2.03. The summed E-state index contributed by atoms with van der Waals surface area (Å²) in [5, 5.41) is 3.24. The molecule has 1 aromatic carbocycles. The molecule has 1 rings (SSSR count). The molecule has 0 atom stereocenters. The van der Waals surface area contributed by atoms with Gasteiger partial charge in [0, 0.05) is 0 Å². The summed E-state index contributed by atoms with van der Waals surface area (Å²) in [4.78, 5) is 0. The van der Waals surface area contributed by atoms with E-state index in [4.69, 9.17) is 4.74 Å². The minimum absolute atomic E-state index is 0.296.